The highest BCUT2D eigenvalue weighted by molar-refractivity contribution is 9.10. The van der Waals surface area contributed by atoms with Gasteiger partial charge in [0.05, 0.1) is 21.6 Å². The van der Waals surface area contributed by atoms with Crippen LogP contribution in [-0.4, -0.2) is 37.0 Å². The van der Waals surface area contributed by atoms with Crippen molar-refractivity contribution in [2.45, 2.75) is 57.0 Å². The first-order valence-corrected chi connectivity index (χ1v) is 11.2. The van der Waals surface area contributed by atoms with Crippen LogP contribution in [0.1, 0.15) is 44.9 Å². The zero-order valence-corrected chi connectivity index (χ0v) is 18.0. The molecule has 4 saturated carbocycles. The second-order valence-electron chi connectivity index (χ2n) is 8.95. The average molecular weight is 468 g/mol. The third kappa shape index (κ3) is 3.18. The second-order valence-corrected chi connectivity index (χ2v) is 10.2. The standard InChI is InChI=1S/C19H24BrClN6O/c20-15-9-24-26(10-15)3-1-2-22-16(28)18-5-13-4-14(6-18)8-19(7-13,11-18)27-12-23-17(21)25-27/h9-10,12-14H,1-8,11H2,(H,22,28). The van der Waals surface area contributed by atoms with Gasteiger partial charge in [-0.3, -0.25) is 9.48 Å². The summed E-state index contributed by atoms with van der Waals surface area (Å²) < 4.78 is 4.83. The maximum Gasteiger partial charge on any atom is 0.242 e. The van der Waals surface area contributed by atoms with Crippen molar-refractivity contribution < 1.29 is 4.79 Å². The summed E-state index contributed by atoms with van der Waals surface area (Å²) in [4.78, 5) is 17.4. The molecule has 1 N–H and O–H groups in total. The number of rotatable bonds is 6. The Labute approximate surface area is 177 Å². The molecule has 2 heterocycles. The van der Waals surface area contributed by atoms with Crippen LogP contribution < -0.4 is 5.32 Å². The summed E-state index contributed by atoms with van der Waals surface area (Å²) >= 11 is 9.41. The Balaban J connectivity index is 1.27. The number of hydrogen-bond donors (Lipinski definition) is 1. The Bertz CT molecular complexity index is 881. The minimum absolute atomic E-state index is 0.0943. The normalized spacial score (nSPS) is 33.4. The summed E-state index contributed by atoms with van der Waals surface area (Å²) in [6, 6.07) is 0. The third-order valence-corrected chi connectivity index (χ3v) is 7.50. The maximum atomic E-state index is 13.3. The van der Waals surface area contributed by atoms with Gasteiger partial charge in [-0.1, -0.05) is 0 Å². The smallest absolute Gasteiger partial charge is 0.242 e. The number of carbonyl (C=O) groups is 1. The Morgan fingerprint density at radius 2 is 2.11 bits per heavy atom. The molecule has 2 aromatic rings. The predicted molar refractivity (Wildman–Crippen MR) is 108 cm³/mol. The summed E-state index contributed by atoms with van der Waals surface area (Å²) in [5, 5.41) is 12.2. The van der Waals surface area contributed by atoms with Crippen LogP contribution >= 0.6 is 27.5 Å². The van der Waals surface area contributed by atoms with Crippen molar-refractivity contribution in [3.63, 3.8) is 0 Å². The van der Waals surface area contributed by atoms with E-state index in [2.05, 4.69) is 36.4 Å². The molecule has 6 rings (SSSR count). The number of nitrogens with one attached hydrogen (secondary N) is 1. The van der Waals surface area contributed by atoms with Crippen LogP contribution in [0.4, 0.5) is 0 Å². The van der Waals surface area contributed by atoms with E-state index in [1.165, 1.54) is 6.42 Å². The molecule has 0 radical (unpaired) electrons. The van der Waals surface area contributed by atoms with Crippen molar-refractivity contribution in [1.82, 2.24) is 29.9 Å². The van der Waals surface area contributed by atoms with Crippen LogP contribution in [-0.2, 0) is 16.9 Å². The molecule has 150 valence electrons. The predicted octanol–water partition coefficient (Wildman–Crippen LogP) is 3.39. The van der Waals surface area contributed by atoms with E-state index in [-0.39, 0.29) is 16.9 Å². The minimum Gasteiger partial charge on any atom is -0.356 e. The molecule has 0 aromatic carbocycles. The number of hydrogen-bond acceptors (Lipinski definition) is 4. The molecule has 9 heteroatoms. The van der Waals surface area contributed by atoms with Crippen molar-refractivity contribution in [2.24, 2.45) is 17.3 Å². The van der Waals surface area contributed by atoms with E-state index >= 15 is 0 Å². The SMILES string of the molecule is O=C(NCCCn1cc(Br)cn1)C12CC3CC(C1)CC(n1cnc(Cl)n1)(C3)C2. The fraction of sp³-hybridized carbons (Fsp3) is 0.684. The molecule has 2 aromatic heterocycles. The number of carbonyl (C=O) groups excluding carboxylic acids is 1. The molecular formula is C19H24BrClN6O. The average Bonchev–Trinajstić information content (AvgIpc) is 3.26. The Morgan fingerprint density at radius 3 is 2.75 bits per heavy atom. The third-order valence-electron chi connectivity index (χ3n) is 6.91. The molecule has 2 unspecified atom stereocenters. The van der Waals surface area contributed by atoms with Crippen LogP contribution in [0.5, 0.6) is 0 Å². The molecule has 0 spiro atoms. The van der Waals surface area contributed by atoms with E-state index in [0.29, 0.717) is 23.7 Å². The van der Waals surface area contributed by atoms with Gasteiger partial charge in [0, 0.05) is 19.3 Å². The van der Waals surface area contributed by atoms with E-state index in [9.17, 15) is 4.79 Å². The van der Waals surface area contributed by atoms with Gasteiger partial charge in [-0.25, -0.2) is 9.67 Å². The highest BCUT2D eigenvalue weighted by atomic mass is 79.9. The molecule has 4 aliphatic carbocycles. The largest absolute Gasteiger partial charge is 0.356 e. The van der Waals surface area contributed by atoms with Gasteiger partial charge in [-0.15, -0.1) is 5.10 Å². The molecule has 0 saturated heterocycles. The highest BCUT2D eigenvalue weighted by Crippen LogP contribution is 2.64. The molecule has 7 nitrogen and oxygen atoms in total. The number of aromatic nitrogens is 5. The van der Waals surface area contributed by atoms with E-state index in [0.717, 1.165) is 49.5 Å². The van der Waals surface area contributed by atoms with Gasteiger partial charge in [0.25, 0.3) is 0 Å². The summed E-state index contributed by atoms with van der Waals surface area (Å²) in [5.74, 6) is 1.41. The molecule has 1 amide bonds. The Kier molecular flexibility index (Phi) is 4.54. The first-order valence-electron chi connectivity index (χ1n) is 10.0. The molecule has 28 heavy (non-hydrogen) atoms. The number of amides is 1. The number of aryl methyl sites for hydroxylation is 1. The van der Waals surface area contributed by atoms with Crippen LogP contribution in [0, 0.1) is 17.3 Å². The summed E-state index contributed by atoms with van der Waals surface area (Å²) in [5.41, 5.74) is -0.361. The lowest BCUT2D eigenvalue weighted by Crippen LogP contribution is -2.61. The van der Waals surface area contributed by atoms with Crippen molar-refractivity contribution in [3.05, 3.63) is 28.5 Å². The molecule has 4 fully saturated rings. The van der Waals surface area contributed by atoms with Crippen LogP contribution in [0.3, 0.4) is 0 Å². The van der Waals surface area contributed by atoms with Crippen molar-refractivity contribution in [3.8, 4) is 0 Å². The van der Waals surface area contributed by atoms with Crippen LogP contribution in [0.25, 0.3) is 0 Å². The summed E-state index contributed by atoms with van der Waals surface area (Å²) in [7, 11) is 0. The van der Waals surface area contributed by atoms with E-state index < -0.39 is 0 Å². The van der Waals surface area contributed by atoms with Gasteiger partial charge in [-0.05, 0) is 84.3 Å². The lowest BCUT2D eigenvalue weighted by Gasteiger charge is -2.60. The summed E-state index contributed by atoms with van der Waals surface area (Å²) in [6.45, 7) is 1.47. The quantitative estimate of drug-likeness (QED) is 0.661. The van der Waals surface area contributed by atoms with Crippen molar-refractivity contribution >= 4 is 33.4 Å². The van der Waals surface area contributed by atoms with E-state index in [4.69, 9.17) is 11.6 Å². The Hall–Kier alpha value is -1.41. The minimum atomic E-state index is -0.267. The monoisotopic (exact) mass is 466 g/mol. The lowest BCUT2D eigenvalue weighted by molar-refractivity contribution is -0.156. The van der Waals surface area contributed by atoms with Gasteiger partial charge in [0.15, 0.2) is 0 Å². The van der Waals surface area contributed by atoms with Gasteiger partial charge in [0.2, 0.25) is 11.2 Å². The molecule has 4 bridgehead atoms. The van der Waals surface area contributed by atoms with Crippen molar-refractivity contribution in [1.29, 1.82) is 0 Å². The topological polar surface area (TPSA) is 77.6 Å². The fourth-order valence-electron chi connectivity index (χ4n) is 6.31. The Morgan fingerprint density at radius 1 is 1.32 bits per heavy atom. The van der Waals surface area contributed by atoms with Gasteiger partial charge in [-0.2, -0.15) is 5.10 Å². The number of nitrogens with zero attached hydrogens (tertiary/aromatic N) is 5. The molecule has 0 aliphatic heterocycles. The van der Waals surface area contributed by atoms with Gasteiger partial charge >= 0.3 is 0 Å². The van der Waals surface area contributed by atoms with Crippen LogP contribution in [0.2, 0.25) is 5.28 Å². The highest BCUT2D eigenvalue weighted by Gasteiger charge is 2.61. The van der Waals surface area contributed by atoms with Gasteiger partial charge in [0.1, 0.15) is 6.33 Å². The van der Waals surface area contributed by atoms with E-state index in [1.54, 1.807) is 12.5 Å². The fourth-order valence-corrected chi connectivity index (χ4v) is 6.76. The molecular weight excluding hydrogens is 444 g/mol. The molecule has 2 atom stereocenters. The zero-order chi connectivity index (χ0) is 19.4. The lowest BCUT2D eigenvalue weighted by atomic mass is 9.46. The second kappa shape index (κ2) is 6.83. The molecule has 4 aliphatic rings. The first kappa shape index (κ1) is 18.6. The zero-order valence-electron chi connectivity index (χ0n) is 15.7. The van der Waals surface area contributed by atoms with Crippen LogP contribution in [0.15, 0.2) is 23.2 Å². The van der Waals surface area contributed by atoms with E-state index in [1.807, 2.05) is 15.6 Å². The number of halogens is 2. The maximum absolute atomic E-state index is 13.3. The summed E-state index contributed by atoms with van der Waals surface area (Å²) in [6.07, 6.45) is 12.6. The van der Waals surface area contributed by atoms with Crippen molar-refractivity contribution in [2.75, 3.05) is 6.54 Å². The van der Waals surface area contributed by atoms with Gasteiger partial charge < -0.3 is 5.32 Å². The first-order chi connectivity index (χ1) is 13.5.